The van der Waals surface area contributed by atoms with Gasteiger partial charge in [0.25, 0.3) is 5.13 Å². The largest absolute Gasteiger partial charge is 0.404 e. The van der Waals surface area contributed by atoms with E-state index in [1.807, 2.05) is 0 Å². The first-order valence-corrected chi connectivity index (χ1v) is 12.0. The van der Waals surface area contributed by atoms with Crippen LogP contribution in [0.15, 0.2) is 22.4 Å². The van der Waals surface area contributed by atoms with Crippen LogP contribution in [0.5, 0.6) is 0 Å². The minimum absolute atomic E-state index is 0.0236. The van der Waals surface area contributed by atoms with E-state index in [1.165, 1.54) is 4.90 Å². The van der Waals surface area contributed by atoms with Crippen LogP contribution in [0.3, 0.4) is 0 Å². The summed E-state index contributed by atoms with van der Waals surface area (Å²) in [5.74, 6) is -2.21. The maximum Gasteiger partial charge on any atom is 0.404 e. The molecule has 34 heavy (non-hydrogen) atoms. The fraction of sp³-hybridized carbons (Fsp3) is 0.529. The molecule has 2 N–H and O–H groups in total. The van der Waals surface area contributed by atoms with E-state index in [1.54, 1.807) is 18.6 Å². The number of alkyl halides is 6. The molecule has 0 radical (unpaired) electrons. The lowest BCUT2D eigenvalue weighted by Crippen LogP contribution is -2.28. The van der Waals surface area contributed by atoms with E-state index in [0.29, 0.717) is 0 Å². The quantitative estimate of drug-likeness (QED) is 0.337. The number of azo groups is 1. The Hall–Kier alpha value is -2.53. The monoisotopic (exact) mass is 534 g/mol. The maximum atomic E-state index is 13.2. The average molecular weight is 535 g/mol. The number of nitrogens with zero attached hydrogens (tertiary/aromatic N) is 5. The molecule has 0 spiro atoms. The Labute approximate surface area is 194 Å². The number of hydrogen-bond donors (Lipinski definition) is 2. The molecule has 0 saturated heterocycles. The van der Waals surface area contributed by atoms with Gasteiger partial charge in [0.05, 0.1) is 18.7 Å². The maximum absolute atomic E-state index is 13.2. The third-order valence-corrected chi connectivity index (χ3v) is 6.18. The van der Waals surface area contributed by atoms with Crippen molar-refractivity contribution < 1.29 is 39.9 Å². The van der Waals surface area contributed by atoms with Crippen LogP contribution in [-0.2, 0) is 23.1 Å². The molecule has 1 aromatic heterocycles. The minimum Gasteiger partial charge on any atom is -0.389 e. The fourth-order valence-corrected chi connectivity index (χ4v) is 4.39. The smallest absolute Gasteiger partial charge is 0.389 e. The molecule has 0 fully saturated rings. The lowest BCUT2D eigenvalue weighted by atomic mass is 10.1. The molecule has 0 saturated carbocycles. The summed E-state index contributed by atoms with van der Waals surface area (Å²) in [6.45, 7) is 3.33. The minimum atomic E-state index is -5.06. The van der Waals surface area contributed by atoms with Crippen LogP contribution in [0.4, 0.5) is 48.5 Å². The molecule has 1 heterocycles. The van der Waals surface area contributed by atoms with Crippen molar-refractivity contribution in [3.8, 4) is 0 Å². The Balaban J connectivity index is 2.65. The summed E-state index contributed by atoms with van der Waals surface area (Å²) in [6.07, 6.45) is -11.1. The van der Waals surface area contributed by atoms with E-state index in [9.17, 15) is 34.8 Å². The molecule has 0 aliphatic heterocycles. The zero-order chi connectivity index (χ0) is 25.7. The van der Waals surface area contributed by atoms with Gasteiger partial charge in [-0.3, -0.25) is 4.72 Å². The summed E-state index contributed by atoms with van der Waals surface area (Å²) in [7, 11) is -4.98. The number of nitrogens with one attached hydrogen (secondary N) is 1. The molecule has 190 valence electrons. The molecule has 0 aliphatic carbocycles. The van der Waals surface area contributed by atoms with Gasteiger partial charge in [0.2, 0.25) is 10.0 Å². The molecule has 0 amide bonds. The number of aromatic nitrogens is 2. The van der Waals surface area contributed by atoms with Crippen LogP contribution in [0.2, 0.25) is 0 Å². The third kappa shape index (κ3) is 8.35. The number of hydrogen-bond acceptors (Lipinski definition) is 9. The molecule has 2 rings (SSSR count). The zero-order valence-electron chi connectivity index (χ0n) is 17.8. The predicted octanol–water partition coefficient (Wildman–Crippen LogP) is 4.70. The number of benzene rings is 1. The molecular weight excluding hydrogens is 514 g/mol. The van der Waals surface area contributed by atoms with Gasteiger partial charge in [-0.2, -0.15) is 26.3 Å². The second-order valence-corrected chi connectivity index (χ2v) is 9.54. The molecule has 1 aromatic carbocycles. The first-order valence-electron chi connectivity index (χ1n) is 9.57. The van der Waals surface area contributed by atoms with Gasteiger partial charge in [-0.25, -0.2) is 8.42 Å². The van der Waals surface area contributed by atoms with Crippen molar-refractivity contribution >= 4 is 43.6 Å². The van der Waals surface area contributed by atoms with Crippen LogP contribution in [0.25, 0.3) is 0 Å². The van der Waals surface area contributed by atoms with Crippen molar-refractivity contribution in [1.29, 1.82) is 0 Å². The normalized spacial score (nSPS) is 13.0. The summed E-state index contributed by atoms with van der Waals surface area (Å²) in [6, 6.07) is 1.90. The average Bonchev–Trinajstić information content (AvgIpc) is 3.14. The lowest BCUT2D eigenvalue weighted by molar-refractivity contribution is -0.127. The van der Waals surface area contributed by atoms with Crippen LogP contribution in [0, 0.1) is 0 Å². The van der Waals surface area contributed by atoms with Crippen molar-refractivity contribution in [2.24, 2.45) is 10.2 Å². The summed E-state index contributed by atoms with van der Waals surface area (Å²) >= 11 is 0.800. The highest BCUT2D eigenvalue weighted by molar-refractivity contribution is 7.92. The summed E-state index contributed by atoms with van der Waals surface area (Å²) in [5, 5.41) is 23.6. The highest BCUT2D eigenvalue weighted by Crippen LogP contribution is 2.38. The van der Waals surface area contributed by atoms with Crippen LogP contribution >= 0.6 is 11.3 Å². The molecule has 0 unspecified atom stereocenters. The van der Waals surface area contributed by atoms with Gasteiger partial charge in [-0.15, -0.1) is 20.4 Å². The second kappa shape index (κ2) is 10.8. The molecule has 17 heteroatoms. The highest BCUT2D eigenvalue weighted by atomic mass is 32.2. The van der Waals surface area contributed by atoms with Crippen LogP contribution in [0.1, 0.15) is 24.4 Å². The van der Waals surface area contributed by atoms with Gasteiger partial charge in [0, 0.05) is 18.8 Å². The Kier molecular flexibility index (Phi) is 8.81. The van der Waals surface area contributed by atoms with Crippen molar-refractivity contribution in [2.75, 3.05) is 28.5 Å². The van der Waals surface area contributed by atoms with Crippen molar-refractivity contribution in [3.63, 3.8) is 0 Å². The first kappa shape index (κ1) is 27.7. The standard InChI is InChI=1S/C17H20F6N6O3S2/c1-3-29(4-2)13-6-12(28-34(31,32)9-17(21,22)23)11(5-10(13)7-16(18,19)20)24-26-15-27-25-14(8-30)33-15/h5-6,28,30H,3-4,7-9H2,1-2H3. The van der Waals surface area contributed by atoms with Gasteiger partial charge < -0.3 is 10.0 Å². The molecule has 0 bridgehead atoms. The van der Waals surface area contributed by atoms with Gasteiger partial charge in [-0.05, 0) is 31.5 Å². The number of aliphatic hydroxyl groups is 1. The second-order valence-electron chi connectivity index (χ2n) is 6.78. The number of anilines is 2. The Morgan fingerprint density at radius 1 is 1.06 bits per heavy atom. The summed E-state index contributed by atoms with van der Waals surface area (Å²) in [4.78, 5) is 1.49. The Bertz CT molecular complexity index is 1110. The fourth-order valence-electron chi connectivity index (χ4n) is 2.87. The van der Waals surface area contributed by atoms with E-state index in [2.05, 4.69) is 20.4 Å². The highest BCUT2D eigenvalue weighted by Gasteiger charge is 2.36. The van der Waals surface area contributed by atoms with Crippen molar-refractivity contribution in [3.05, 3.63) is 22.7 Å². The summed E-state index contributed by atoms with van der Waals surface area (Å²) < 4.78 is 104. The van der Waals surface area contributed by atoms with Gasteiger partial charge >= 0.3 is 12.4 Å². The number of sulfonamides is 1. The Morgan fingerprint density at radius 3 is 2.21 bits per heavy atom. The topological polar surface area (TPSA) is 120 Å². The number of halogens is 6. The van der Waals surface area contributed by atoms with E-state index >= 15 is 0 Å². The van der Waals surface area contributed by atoms with E-state index in [-0.39, 0.29) is 34.5 Å². The molecular formula is C17H20F6N6O3S2. The molecule has 0 aliphatic rings. The SMILES string of the molecule is CCN(CC)c1cc(NS(=O)(=O)CC(F)(F)F)c(N=Nc2nnc(CO)s2)cc1CC(F)(F)F. The first-order chi connectivity index (χ1) is 15.7. The van der Waals surface area contributed by atoms with E-state index in [4.69, 9.17) is 5.11 Å². The zero-order valence-corrected chi connectivity index (χ0v) is 19.4. The van der Waals surface area contributed by atoms with Crippen LogP contribution < -0.4 is 9.62 Å². The predicted molar refractivity (Wildman–Crippen MR) is 113 cm³/mol. The Morgan fingerprint density at radius 2 is 1.71 bits per heavy atom. The van der Waals surface area contributed by atoms with Gasteiger partial charge in [-0.1, -0.05) is 11.3 Å². The van der Waals surface area contributed by atoms with Crippen molar-refractivity contribution in [2.45, 2.75) is 39.2 Å². The lowest BCUT2D eigenvalue weighted by Gasteiger charge is -2.26. The van der Waals surface area contributed by atoms with E-state index in [0.717, 1.165) is 23.5 Å². The van der Waals surface area contributed by atoms with Gasteiger partial charge in [0.15, 0.2) is 5.75 Å². The molecule has 2 aromatic rings. The van der Waals surface area contributed by atoms with E-state index < -0.39 is 52.5 Å². The number of rotatable bonds is 10. The molecule has 9 nitrogen and oxygen atoms in total. The number of aliphatic hydroxyl groups excluding tert-OH is 1. The third-order valence-electron chi connectivity index (χ3n) is 4.15. The van der Waals surface area contributed by atoms with Gasteiger partial charge in [0.1, 0.15) is 10.7 Å². The van der Waals surface area contributed by atoms with Crippen molar-refractivity contribution in [1.82, 2.24) is 10.2 Å². The summed E-state index contributed by atoms with van der Waals surface area (Å²) in [5.41, 5.74) is -1.25. The molecule has 0 atom stereocenters. The van der Waals surface area contributed by atoms with Crippen LogP contribution in [-0.4, -0.2) is 54.9 Å².